The highest BCUT2D eigenvalue weighted by atomic mass is 35.5. The van der Waals surface area contributed by atoms with Crippen LogP contribution in [-0.2, 0) is 11.2 Å². The zero-order valence-corrected chi connectivity index (χ0v) is 12.4. The van der Waals surface area contributed by atoms with E-state index in [9.17, 15) is 13.2 Å². The molecule has 0 fully saturated rings. The van der Waals surface area contributed by atoms with Gasteiger partial charge < -0.3 is 10.1 Å². The molecule has 0 aliphatic heterocycles. The van der Waals surface area contributed by atoms with Gasteiger partial charge in [-0.3, -0.25) is 0 Å². The third-order valence-electron chi connectivity index (χ3n) is 2.58. The molecule has 1 rings (SSSR count). The molecule has 0 saturated carbocycles. The van der Waals surface area contributed by atoms with Crippen molar-refractivity contribution in [2.45, 2.75) is 25.6 Å². The zero-order valence-electron chi connectivity index (χ0n) is 10.9. The highest BCUT2D eigenvalue weighted by Gasteiger charge is 2.28. The van der Waals surface area contributed by atoms with Crippen LogP contribution in [0.4, 0.5) is 13.2 Å². The Hall–Kier alpha value is -0.490. The van der Waals surface area contributed by atoms with Crippen LogP contribution in [0.2, 0.25) is 10.0 Å². The Kier molecular flexibility index (Phi) is 7.09. The maximum Gasteiger partial charge on any atom is 0.411 e. The number of rotatable bonds is 7. The number of hydrogen-bond acceptors (Lipinski definition) is 2. The summed E-state index contributed by atoms with van der Waals surface area (Å²) in [7, 11) is 0. The quantitative estimate of drug-likeness (QED) is 0.813. The Morgan fingerprint density at radius 1 is 1.30 bits per heavy atom. The van der Waals surface area contributed by atoms with E-state index in [0.717, 1.165) is 5.56 Å². The molecule has 0 radical (unpaired) electrons. The second-order valence-corrected chi connectivity index (χ2v) is 5.09. The van der Waals surface area contributed by atoms with E-state index in [-0.39, 0.29) is 12.6 Å². The summed E-state index contributed by atoms with van der Waals surface area (Å²) in [5, 5.41) is 3.92. The average molecular weight is 330 g/mol. The molecule has 0 aliphatic carbocycles. The molecule has 1 N–H and O–H groups in total. The number of ether oxygens (including phenoxy) is 1. The summed E-state index contributed by atoms with van der Waals surface area (Å²) < 4.78 is 40.8. The van der Waals surface area contributed by atoms with Crippen LogP contribution in [0.3, 0.4) is 0 Å². The molecule has 0 saturated heterocycles. The van der Waals surface area contributed by atoms with E-state index >= 15 is 0 Å². The summed E-state index contributed by atoms with van der Waals surface area (Å²) in [6, 6.07) is 4.96. The molecule has 114 valence electrons. The van der Waals surface area contributed by atoms with Crippen molar-refractivity contribution in [3.05, 3.63) is 33.8 Å². The van der Waals surface area contributed by atoms with Crippen molar-refractivity contribution in [1.82, 2.24) is 5.32 Å². The topological polar surface area (TPSA) is 21.3 Å². The molecule has 0 heterocycles. The van der Waals surface area contributed by atoms with Crippen LogP contribution in [0.5, 0.6) is 0 Å². The first kappa shape index (κ1) is 17.6. The van der Waals surface area contributed by atoms with E-state index in [1.54, 1.807) is 18.2 Å². The molecule has 2 nitrogen and oxygen atoms in total. The Morgan fingerprint density at radius 3 is 2.60 bits per heavy atom. The zero-order chi connectivity index (χ0) is 15.2. The van der Waals surface area contributed by atoms with E-state index in [0.29, 0.717) is 23.0 Å². The van der Waals surface area contributed by atoms with Crippen molar-refractivity contribution in [1.29, 1.82) is 0 Å². The third kappa shape index (κ3) is 6.31. The largest absolute Gasteiger partial charge is 0.411 e. The van der Waals surface area contributed by atoms with Gasteiger partial charge in [-0.25, -0.2) is 0 Å². The number of hydrogen-bond donors (Lipinski definition) is 1. The van der Waals surface area contributed by atoms with Crippen molar-refractivity contribution in [3.8, 4) is 0 Å². The van der Waals surface area contributed by atoms with Gasteiger partial charge in [0.1, 0.15) is 6.61 Å². The first-order chi connectivity index (χ1) is 9.33. The van der Waals surface area contributed by atoms with E-state index in [1.807, 2.05) is 6.92 Å². The molecular formula is C13H16Cl2F3NO. The van der Waals surface area contributed by atoms with Crippen LogP contribution in [0, 0.1) is 0 Å². The third-order valence-corrected chi connectivity index (χ3v) is 3.43. The monoisotopic (exact) mass is 329 g/mol. The van der Waals surface area contributed by atoms with Gasteiger partial charge in [0.05, 0.1) is 16.7 Å². The summed E-state index contributed by atoms with van der Waals surface area (Å²) in [5.41, 5.74) is 0.778. The smallest absolute Gasteiger partial charge is 0.370 e. The fourth-order valence-electron chi connectivity index (χ4n) is 1.77. The first-order valence-electron chi connectivity index (χ1n) is 6.14. The normalized spacial score (nSPS) is 13.5. The number of alkyl halides is 3. The van der Waals surface area contributed by atoms with Gasteiger partial charge in [0.2, 0.25) is 0 Å². The maximum absolute atomic E-state index is 12.1. The second kappa shape index (κ2) is 8.08. The fraction of sp³-hybridized carbons (Fsp3) is 0.538. The van der Waals surface area contributed by atoms with Crippen molar-refractivity contribution in [2.24, 2.45) is 0 Å². The Balaban J connectivity index is 2.60. The molecular weight excluding hydrogens is 314 g/mol. The van der Waals surface area contributed by atoms with Gasteiger partial charge in [0.15, 0.2) is 0 Å². The van der Waals surface area contributed by atoms with E-state index < -0.39 is 12.8 Å². The Morgan fingerprint density at radius 2 is 2.00 bits per heavy atom. The van der Waals surface area contributed by atoms with E-state index in [1.165, 1.54) is 0 Å². The van der Waals surface area contributed by atoms with Crippen LogP contribution in [0.15, 0.2) is 18.2 Å². The van der Waals surface area contributed by atoms with Crippen LogP contribution in [0.1, 0.15) is 12.5 Å². The number of likely N-dealkylation sites (N-methyl/N-ethyl adjacent to an activating group) is 1. The molecule has 0 amide bonds. The molecule has 1 aromatic carbocycles. The molecule has 0 spiro atoms. The standard InChI is InChI=1S/C13H16Cl2F3NO/c1-2-19-10(7-20-8-13(16,17)18)6-9-4-3-5-11(14)12(9)15/h3-5,10,19H,2,6-8H2,1H3. The van der Waals surface area contributed by atoms with Gasteiger partial charge in [-0.05, 0) is 24.6 Å². The lowest BCUT2D eigenvalue weighted by Crippen LogP contribution is -2.36. The number of halogens is 5. The van der Waals surface area contributed by atoms with Gasteiger partial charge in [-0.1, -0.05) is 42.3 Å². The summed E-state index contributed by atoms with van der Waals surface area (Å²) >= 11 is 12.0. The maximum atomic E-state index is 12.1. The number of benzene rings is 1. The minimum absolute atomic E-state index is 0.0454. The molecule has 1 unspecified atom stereocenters. The molecule has 0 aromatic heterocycles. The van der Waals surface area contributed by atoms with Gasteiger partial charge >= 0.3 is 6.18 Å². The van der Waals surface area contributed by atoms with Gasteiger partial charge in [0.25, 0.3) is 0 Å². The molecule has 0 aliphatic rings. The van der Waals surface area contributed by atoms with E-state index in [4.69, 9.17) is 27.9 Å². The first-order valence-corrected chi connectivity index (χ1v) is 6.90. The lowest BCUT2D eigenvalue weighted by atomic mass is 10.1. The average Bonchev–Trinajstić information content (AvgIpc) is 2.33. The number of nitrogens with one attached hydrogen (secondary N) is 1. The predicted molar refractivity (Wildman–Crippen MR) is 74.5 cm³/mol. The Bertz CT molecular complexity index is 427. The van der Waals surface area contributed by atoms with Crippen molar-refractivity contribution >= 4 is 23.2 Å². The van der Waals surface area contributed by atoms with Crippen molar-refractivity contribution in [3.63, 3.8) is 0 Å². The molecule has 1 aromatic rings. The summed E-state index contributed by atoms with van der Waals surface area (Å²) in [6.45, 7) is 1.20. The minimum atomic E-state index is -4.32. The molecule has 7 heteroatoms. The van der Waals surface area contributed by atoms with Crippen LogP contribution >= 0.6 is 23.2 Å². The van der Waals surface area contributed by atoms with Crippen LogP contribution < -0.4 is 5.32 Å². The van der Waals surface area contributed by atoms with Crippen LogP contribution in [-0.4, -0.2) is 32.0 Å². The van der Waals surface area contributed by atoms with Gasteiger partial charge in [-0.15, -0.1) is 0 Å². The lowest BCUT2D eigenvalue weighted by molar-refractivity contribution is -0.175. The fourth-order valence-corrected chi connectivity index (χ4v) is 2.16. The SMILES string of the molecule is CCNC(COCC(F)(F)F)Cc1cccc(Cl)c1Cl. The molecule has 0 bridgehead atoms. The summed E-state index contributed by atoms with van der Waals surface area (Å²) in [5.74, 6) is 0. The molecule has 20 heavy (non-hydrogen) atoms. The van der Waals surface area contributed by atoms with Crippen molar-refractivity contribution in [2.75, 3.05) is 19.8 Å². The van der Waals surface area contributed by atoms with Gasteiger partial charge in [-0.2, -0.15) is 13.2 Å². The van der Waals surface area contributed by atoms with Crippen molar-refractivity contribution < 1.29 is 17.9 Å². The Labute approximate surface area is 126 Å². The highest BCUT2D eigenvalue weighted by Crippen LogP contribution is 2.26. The lowest BCUT2D eigenvalue weighted by Gasteiger charge is -2.19. The molecule has 1 atom stereocenters. The predicted octanol–water partition coefficient (Wildman–Crippen LogP) is 4.09. The summed E-state index contributed by atoms with van der Waals surface area (Å²) in [4.78, 5) is 0. The minimum Gasteiger partial charge on any atom is -0.370 e. The highest BCUT2D eigenvalue weighted by molar-refractivity contribution is 6.42. The van der Waals surface area contributed by atoms with E-state index in [2.05, 4.69) is 5.32 Å². The summed E-state index contributed by atoms with van der Waals surface area (Å²) in [6.07, 6.45) is -3.87. The van der Waals surface area contributed by atoms with Crippen LogP contribution in [0.25, 0.3) is 0 Å². The van der Waals surface area contributed by atoms with Gasteiger partial charge in [0, 0.05) is 6.04 Å². The second-order valence-electron chi connectivity index (χ2n) is 4.30.